The third-order valence-corrected chi connectivity index (χ3v) is 5.22. The Hall–Kier alpha value is -1.63. The zero-order valence-electron chi connectivity index (χ0n) is 13.8. The molecule has 1 saturated heterocycles. The molecule has 2 N–H and O–H groups in total. The molecule has 1 atom stereocenters. The van der Waals surface area contributed by atoms with Gasteiger partial charge in [0.15, 0.2) is 0 Å². The normalized spacial score (nSPS) is 18.2. The monoisotopic (exact) mass is 348 g/mol. The third kappa shape index (κ3) is 4.93. The van der Waals surface area contributed by atoms with E-state index in [9.17, 15) is 4.79 Å². The predicted molar refractivity (Wildman–Crippen MR) is 96.5 cm³/mol. The highest BCUT2D eigenvalue weighted by Gasteiger charge is 2.24. The maximum atomic E-state index is 10.7. The summed E-state index contributed by atoms with van der Waals surface area (Å²) in [7, 11) is 0. The lowest BCUT2D eigenvalue weighted by molar-refractivity contribution is 0.104. The fourth-order valence-corrected chi connectivity index (χ4v) is 3.89. The van der Waals surface area contributed by atoms with Crippen molar-refractivity contribution in [2.24, 2.45) is 5.73 Å². The molecule has 0 spiro atoms. The fraction of sp³-hybridized carbons (Fsp3) is 0.500. The van der Waals surface area contributed by atoms with Gasteiger partial charge in [-0.25, -0.2) is 4.79 Å². The number of carbonyl (C=O) groups is 1. The van der Waals surface area contributed by atoms with Crippen molar-refractivity contribution < 1.29 is 14.3 Å². The molecule has 0 radical (unpaired) electrons. The Balaban J connectivity index is 1.27. The van der Waals surface area contributed by atoms with Crippen LogP contribution in [0.4, 0.5) is 4.79 Å². The van der Waals surface area contributed by atoms with Crippen molar-refractivity contribution in [3.63, 3.8) is 0 Å². The average molecular weight is 348 g/mol. The number of nitrogens with zero attached hydrogens (tertiary/aromatic N) is 1. The van der Waals surface area contributed by atoms with Crippen LogP contribution in [-0.4, -0.2) is 49.9 Å². The van der Waals surface area contributed by atoms with E-state index in [1.54, 1.807) is 11.3 Å². The Morgan fingerprint density at radius 3 is 3.12 bits per heavy atom. The van der Waals surface area contributed by atoms with Crippen LogP contribution in [0.25, 0.3) is 10.1 Å². The van der Waals surface area contributed by atoms with Gasteiger partial charge < -0.3 is 15.2 Å². The van der Waals surface area contributed by atoms with E-state index in [1.165, 1.54) is 15.6 Å². The van der Waals surface area contributed by atoms with E-state index in [1.807, 2.05) is 0 Å². The van der Waals surface area contributed by atoms with Crippen LogP contribution in [0.5, 0.6) is 0 Å². The molecule has 1 aliphatic heterocycles. The van der Waals surface area contributed by atoms with Gasteiger partial charge in [0.2, 0.25) is 0 Å². The molecule has 1 aromatic carbocycles. The van der Waals surface area contributed by atoms with E-state index in [-0.39, 0.29) is 6.10 Å². The predicted octanol–water partition coefficient (Wildman–Crippen LogP) is 3.02. The molecule has 0 bridgehead atoms. The summed E-state index contributed by atoms with van der Waals surface area (Å²) in [4.78, 5) is 13.0. The second-order valence-corrected chi connectivity index (χ2v) is 7.10. The second kappa shape index (κ2) is 8.46. The summed E-state index contributed by atoms with van der Waals surface area (Å²) in [5.41, 5.74) is 6.37. The van der Waals surface area contributed by atoms with Gasteiger partial charge in [0.1, 0.15) is 6.10 Å². The summed E-state index contributed by atoms with van der Waals surface area (Å²) >= 11 is 1.78. The molecule has 6 heteroatoms. The van der Waals surface area contributed by atoms with Crippen LogP contribution in [0.3, 0.4) is 0 Å². The molecule has 24 heavy (non-hydrogen) atoms. The number of amides is 1. The van der Waals surface area contributed by atoms with Crippen molar-refractivity contribution >= 4 is 27.5 Å². The number of likely N-dealkylation sites (tertiary alicyclic amines) is 1. The number of thiophene rings is 1. The number of carbonyl (C=O) groups excluding carboxylic acids is 1. The standard InChI is InChI=1S/C18H24N2O3S/c19-18(21)23-16-4-8-20(13-16)7-1-9-22-10-5-14-2-3-17-15(12-14)6-11-24-17/h2-3,6,11-12,16H,1,4-5,7-10,13H2,(H2,19,21). The summed E-state index contributed by atoms with van der Waals surface area (Å²) in [6.45, 7) is 4.23. The number of nitrogens with two attached hydrogens (primary N) is 1. The van der Waals surface area contributed by atoms with Gasteiger partial charge in [-0.05, 0) is 47.7 Å². The van der Waals surface area contributed by atoms with E-state index in [4.69, 9.17) is 15.2 Å². The van der Waals surface area contributed by atoms with Crippen molar-refractivity contribution in [2.75, 3.05) is 32.8 Å². The van der Waals surface area contributed by atoms with Gasteiger partial charge in [0.25, 0.3) is 0 Å². The Morgan fingerprint density at radius 2 is 2.25 bits per heavy atom. The first-order chi connectivity index (χ1) is 11.7. The number of rotatable bonds is 8. The summed E-state index contributed by atoms with van der Waals surface area (Å²) in [6, 6.07) is 8.78. The van der Waals surface area contributed by atoms with Crippen LogP contribution < -0.4 is 5.73 Å². The Morgan fingerprint density at radius 1 is 1.33 bits per heavy atom. The molecule has 0 aliphatic carbocycles. The van der Waals surface area contributed by atoms with Gasteiger partial charge in [-0.1, -0.05) is 12.1 Å². The van der Waals surface area contributed by atoms with Crippen LogP contribution in [-0.2, 0) is 15.9 Å². The zero-order chi connectivity index (χ0) is 16.8. The lowest BCUT2D eigenvalue weighted by atomic mass is 10.1. The first-order valence-electron chi connectivity index (χ1n) is 8.43. The number of primary amides is 1. The highest BCUT2D eigenvalue weighted by atomic mass is 32.1. The molecule has 130 valence electrons. The average Bonchev–Trinajstić information content (AvgIpc) is 3.18. The topological polar surface area (TPSA) is 64.8 Å². The summed E-state index contributed by atoms with van der Waals surface area (Å²) < 4.78 is 12.1. The van der Waals surface area contributed by atoms with Gasteiger partial charge in [0, 0.05) is 30.9 Å². The van der Waals surface area contributed by atoms with E-state index >= 15 is 0 Å². The molecule has 5 nitrogen and oxygen atoms in total. The molecule has 2 heterocycles. The minimum absolute atomic E-state index is 0.0459. The van der Waals surface area contributed by atoms with Crippen molar-refractivity contribution in [2.45, 2.75) is 25.4 Å². The number of hydrogen-bond acceptors (Lipinski definition) is 5. The molecule has 1 aliphatic rings. The minimum atomic E-state index is -0.675. The minimum Gasteiger partial charge on any atom is -0.445 e. The summed E-state index contributed by atoms with van der Waals surface area (Å²) in [5, 5.41) is 3.45. The molecule has 1 fully saturated rings. The highest BCUT2D eigenvalue weighted by molar-refractivity contribution is 7.17. The lowest BCUT2D eigenvalue weighted by Crippen LogP contribution is -2.28. The maximum Gasteiger partial charge on any atom is 0.404 e. The van der Waals surface area contributed by atoms with E-state index in [0.29, 0.717) is 0 Å². The van der Waals surface area contributed by atoms with Gasteiger partial charge in [-0.3, -0.25) is 4.90 Å². The summed E-state index contributed by atoms with van der Waals surface area (Å²) in [5.74, 6) is 0. The van der Waals surface area contributed by atoms with E-state index < -0.39 is 6.09 Å². The maximum absolute atomic E-state index is 10.7. The Bertz CT molecular complexity index is 673. The van der Waals surface area contributed by atoms with Crippen molar-refractivity contribution in [1.29, 1.82) is 0 Å². The van der Waals surface area contributed by atoms with Crippen LogP contribution in [0, 0.1) is 0 Å². The van der Waals surface area contributed by atoms with Crippen LogP contribution >= 0.6 is 11.3 Å². The second-order valence-electron chi connectivity index (χ2n) is 6.16. The Kier molecular flexibility index (Phi) is 6.07. The van der Waals surface area contributed by atoms with Crippen molar-refractivity contribution in [3.05, 3.63) is 35.2 Å². The van der Waals surface area contributed by atoms with Gasteiger partial charge in [0.05, 0.1) is 6.61 Å². The largest absolute Gasteiger partial charge is 0.445 e. The SMILES string of the molecule is NC(=O)OC1CCN(CCCOCCc2ccc3sccc3c2)C1. The first kappa shape index (κ1) is 17.2. The lowest BCUT2D eigenvalue weighted by Gasteiger charge is -2.15. The number of ether oxygens (including phenoxy) is 2. The smallest absolute Gasteiger partial charge is 0.404 e. The van der Waals surface area contributed by atoms with Gasteiger partial charge >= 0.3 is 6.09 Å². The molecule has 1 unspecified atom stereocenters. The molecular formula is C18H24N2O3S. The molecule has 2 aromatic rings. The Labute approximate surface area is 146 Å². The fourth-order valence-electron chi connectivity index (χ4n) is 3.11. The number of benzene rings is 1. The number of fused-ring (bicyclic) bond motifs is 1. The first-order valence-corrected chi connectivity index (χ1v) is 9.31. The van der Waals surface area contributed by atoms with Crippen molar-refractivity contribution in [1.82, 2.24) is 4.90 Å². The van der Waals surface area contributed by atoms with E-state index in [0.717, 1.165) is 52.1 Å². The molecule has 0 saturated carbocycles. The molecule has 1 amide bonds. The molecule has 3 rings (SSSR count). The molecular weight excluding hydrogens is 324 g/mol. The van der Waals surface area contributed by atoms with Crippen LogP contribution in [0.2, 0.25) is 0 Å². The quantitative estimate of drug-likeness (QED) is 0.745. The van der Waals surface area contributed by atoms with Gasteiger partial charge in [-0.2, -0.15) is 0 Å². The van der Waals surface area contributed by atoms with Crippen LogP contribution in [0.15, 0.2) is 29.6 Å². The third-order valence-electron chi connectivity index (χ3n) is 4.33. The zero-order valence-corrected chi connectivity index (χ0v) is 14.6. The van der Waals surface area contributed by atoms with Crippen LogP contribution in [0.1, 0.15) is 18.4 Å². The van der Waals surface area contributed by atoms with E-state index in [2.05, 4.69) is 34.5 Å². The number of hydrogen-bond donors (Lipinski definition) is 1. The summed E-state index contributed by atoms with van der Waals surface area (Å²) in [6.07, 6.45) is 2.09. The van der Waals surface area contributed by atoms with Gasteiger partial charge in [-0.15, -0.1) is 11.3 Å². The molecule has 1 aromatic heterocycles. The van der Waals surface area contributed by atoms with Crippen molar-refractivity contribution in [3.8, 4) is 0 Å². The highest BCUT2D eigenvalue weighted by Crippen LogP contribution is 2.21.